The van der Waals surface area contributed by atoms with Gasteiger partial charge in [0.1, 0.15) is 5.75 Å². The van der Waals surface area contributed by atoms with Crippen LogP contribution < -0.4 is 10.1 Å². The summed E-state index contributed by atoms with van der Waals surface area (Å²) >= 11 is 1.23. The molecule has 25 heavy (non-hydrogen) atoms. The summed E-state index contributed by atoms with van der Waals surface area (Å²) in [6, 6.07) is 6.02. The van der Waals surface area contributed by atoms with Crippen molar-refractivity contribution >= 4 is 17.7 Å². The van der Waals surface area contributed by atoms with E-state index in [0.717, 1.165) is 16.9 Å². The van der Waals surface area contributed by atoms with Crippen molar-refractivity contribution in [2.75, 3.05) is 0 Å². The van der Waals surface area contributed by atoms with Crippen LogP contribution in [0.15, 0.2) is 27.8 Å². The second kappa shape index (κ2) is 7.91. The monoisotopic (exact) mass is 363 g/mol. The molecule has 1 N–H and O–H groups in total. The first-order valence-electron chi connectivity index (χ1n) is 8.15. The fourth-order valence-corrected chi connectivity index (χ4v) is 2.72. The van der Waals surface area contributed by atoms with E-state index in [1.165, 1.54) is 11.8 Å². The van der Waals surface area contributed by atoms with E-state index in [2.05, 4.69) is 15.5 Å². The van der Waals surface area contributed by atoms with E-state index < -0.39 is 0 Å². The summed E-state index contributed by atoms with van der Waals surface area (Å²) in [6.07, 6.45) is 0. The molecule has 0 saturated heterocycles. The number of carbonyl (C=O) groups excluding carboxylic acids is 1. The molecule has 1 atom stereocenters. The zero-order valence-electron chi connectivity index (χ0n) is 15.5. The number of nitrogens with one attached hydrogen (secondary N) is 1. The molecular formula is C18H25N3O3S. The van der Waals surface area contributed by atoms with Crippen molar-refractivity contribution in [3.8, 4) is 5.75 Å². The molecule has 0 aliphatic rings. The number of aromatic nitrogens is 2. The number of thioether (sulfide) groups is 1. The second-order valence-electron chi connectivity index (χ2n) is 7.02. The summed E-state index contributed by atoms with van der Waals surface area (Å²) in [6.45, 7) is 11.8. The Labute approximate surface area is 152 Å². The number of aryl methyl sites for hydroxylation is 2. The smallest absolute Gasteiger partial charge is 0.277 e. The molecule has 0 fully saturated rings. The number of amides is 1. The fraction of sp³-hybridized carbons (Fsp3) is 0.500. The summed E-state index contributed by atoms with van der Waals surface area (Å²) in [5.74, 6) is 1.11. The van der Waals surface area contributed by atoms with E-state index >= 15 is 0 Å². The minimum Gasteiger partial charge on any atom is -0.484 e. The van der Waals surface area contributed by atoms with Crippen molar-refractivity contribution in [3.63, 3.8) is 0 Å². The third-order valence-corrected chi connectivity index (χ3v) is 4.22. The quantitative estimate of drug-likeness (QED) is 0.789. The molecule has 2 aromatic rings. The Hall–Kier alpha value is -2.02. The van der Waals surface area contributed by atoms with Crippen molar-refractivity contribution in [1.82, 2.24) is 15.5 Å². The molecule has 1 aromatic heterocycles. The van der Waals surface area contributed by atoms with Gasteiger partial charge in [-0.15, -0.1) is 10.2 Å². The lowest BCUT2D eigenvalue weighted by Crippen LogP contribution is -2.44. The molecule has 7 heteroatoms. The maximum atomic E-state index is 12.1. The summed E-state index contributed by atoms with van der Waals surface area (Å²) in [4.78, 5) is 12.1. The van der Waals surface area contributed by atoms with E-state index in [0.29, 0.717) is 11.1 Å². The first-order chi connectivity index (χ1) is 11.6. The number of hydrogen-bond acceptors (Lipinski definition) is 6. The molecule has 0 bridgehead atoms. The van der Waals surface area contributed by atoms with Gasteiger partial charge in [-0.1, -0.05) is 23.9 Å². The van der Waals surface area contributed by atoms with Crippen molar-refractivity contribution < 1.29 is 13.9 Å². The molecule has 1 amide bonds. The van der Waals surface area contributed by atoms with Gasteiger partial charge in [0.05, 0.1) is 5.25 Å². The van der Waals surface area contributed by atoms with E-state index in [1.807, 2.05) is 59.7 Å². The van der Waals surface area contributed by atoms with Crippen molar-refractivity contribution in [2.45, 2.75) is 64.2 Å². The number of carbonyl (C=O) groups is 1. The predicted molar refractivity (Wildman–Crippen MR) is 97.8 cm³/mol. The van der Waals surface area contributed by atoms with Crippen LogP contribution in [0.4, 0.5) is 0 Å². The lowest BCUT2D eigenvalue weighted by molar-refractivity contribution is -0.121. The molecule has 136 valence electrons. The molecule has 0 spiro atoms. The summed E-state index contributed by atoms with van der Waals surface area (Å²) in [5.41, 5.74) is 1.90. The first kappa shape index (κ1) is 19.3. The average molecular weight is 363 g/mol. The highest BCUT2D eigenvalue weighted by Gasteiger charge is 2.22. The molecule has 1 unspecified atom stereocenters. The molecule has 6 nitrogen and oxygen atoms in total. The normalized spacial score (nSPS) is 12.7. The molecule has 0 aliphatic heterocycles. The molecule has 1 aromatic carbocycles. The van der Waals surface area contributed by atoms with Crippen LogP contribution in [0.1, 0.15) is 44.7 Å². The highest BCUT2D eigenvalue weighted by atomic mass is 32.2. The zero-order chi connectivity index (χ0) is 18.6. The van der Waals surface area contributed by atoms with E-state index in [1.54, 1.807) is 0 Å². The van der Waals surface area contributed by atoms with Crippen molar-refractivity contribution in [2.24, 2.45) is 0 Å². The van der Waals surface area contributed by atoms with Crippen LogP contribution >= 0.6 is 11.8 Å². The van der Waals surface area contributed by atoms with Gasteiger partial charge in [-0.05, 0) is 58.7 Å². The molecular weight excluding hydrogens is 338 g/mol. The fourth-order valence-electron chi connectivity index (χ4n) is 2.02. The number of ether oxygens (including phenoxy) is 1. The van der Waals surface area contributed by atoms with Crippen LogP contribution in [0.3, 0.4) is 0 Å². The Bertz CT molecular complexity index is 737. The first-order valence-corrected chi connectivity index (χ1v) is 9.03. The third kappa shape index (κ3) is 6.08. The Morgan fingerprint density at radius 2 is 2.04 bits per heavy atom. The van der Waals surface area contributed by atoms with Gasteiger partial charge in [0.2, 0.25) is 5.91 Å². The maximum Gasteiger partial charge on any atom is 0.277 e. The predicted octanol–water partition coefficient (Wildman–Crippen LogP) is 3.66. The minimum absolute atomic E-state index is 0.0658. The third-order valence-electron chi connectivity index (χ3n) is 3.29. The van der Waals surface area contributed by atoms with E-state index in [9.17, 15) is 4.79 Å². The summed E-state index contributed by atoms with van der Waals surface area (Å²) < 4.78 is 11.3. The standard InChI is InChI=1S/C18H25N3O3S/c1-11-7-8-12(2)14(9-11)23-10-15-20-21-17(24-15)25-13(3)16(22)19-18(4,5)6/h7-9,13H,10H2,1-6H3,(H,19,22). The van der Waals surface area contributed by atoms with Crippen molar-refractivity contribution in [3.05, 3.63) is 35.2 Å². The lowest BCUT2D eigenvalue weighted by atomic mass is 10.1. The highest BCUT2D eigenvalue weighted by Crippen LogP contribution is 2.24. The Morgan fingerprint density at radius 3 is 2.72 bits per heavy atom. The molecule has 0 radical (unpaired) electrons. The van der Waals surface area contributed by atoms with Gasteiger partial charge in [0.15, 0.2) is 6.61 Å². The Morgan fingerprint density at radius 1 is 1.32 bits per heavy atom. The molecule has 0 saturated carbocycles. The van der Waals surface area contributed by atoms with Gasteiger partial charge >= 0.3 is 0 Å². The van der Waals surface area contributed by atoms with Crippen molar-refractivity contribution in [1.29, 1.82) is 0 Å². The number of nitrogens with zero attached hydrogens (tertiary/aromatic N) is 2. The largest absolute Gasteiger partial charge is 0.484 e. The highest BCUT2D eigenvalue weighted by molar-refractivity contribution is 8.00. The molecule has 0 aliphatic carbocycles. The van der Waals surface area contributed by atoms with Gasteiger partial charge in [-0.25, -0.2) is 0 Å². The number of rotatable bonds is 6. The summed E-state index contributed by atoms with van der Waals surface area (Å²) in [7, 11) is 0. The van der Waals surface area contributed by atoms with Gasteiger partial charge < -0.3 is 14.5 Å². The second-order valence-corrected chi connectivity index (χ2v) is 8.31. The summed E-state index contributed by atoms with van der Waals surface area (Å²) in [5, 5.41) is 10.9. The van der Waals surface area contributed by atoms with E-state index in [-0.39, 0.29) is 23.3 Å². The zero-order valence-corrected chi connectivity index (χ0v) is 16.4. The van der Waals surface area contributed by atoms with Gasteiger partial charge in [-0.2, -0.15) is 0 Å². The maximum absolute atomic E-state index is 12.1. The number of benzene rings is 1. The van der Waals surface area contributed by atoms with Crippen LogP contribution in [0.2, 0.25) is 0 Å². The SMILES string of the molecule is Cc1ccc(C)c(OCc2nnc(SC(C)C(=O)NC(C)(C)C)o2)c1. The molecule has 1 heterocycles. The van der Waals surface area contributed by atoms with Gasteiger partial charge in [0, 0.05) is 5.54 Å². The minimum atomic E-state index is -0.326. The van der Waals surface area contributed by atoms with Crippen LogP contribution in [-0.4, -0.2) is 26.9 Å². The molecule has 2 rings (SSSR count). The average Bonchev–Trinajstić information content (AvgIpc) is 2.94. The van der Waals surface area contributed by atoms with Crippen LogP contribution in [0.5, 0.6) is 5.75 Å². The van der Waals surface area contributed by atoms with Crippen LogP contribution in [0.25, 0.3) is 0 Å². The van der Waals surface area contributed by atoms with E-state index in [4.69, 9.17) is 9.15 Å². The van der Waals surface area contributed by atoms with Crippen LogP contribution in [-0.2, 0) is 11.4 Å². The van der Waals surface area contributed by atoms with Gasteiger partial charge in [0.25, 0.3) is 11.1 Å². The number of hydrogen-bond donors (Lipinski definition) is 1. The topological polar surface area (TPSA) is 77.2 Å². The Balaban J connectivity index is 1.91. The van der Waals surface area contributed by atoms with Gasteiger partial charge in [-0.3, -0.25) is 4.79 Å². The Kier molecular flexibility index (Phi) is 6.11. The van der Waals surface area contributed by atoms with Crippen LogP contribution in [0, 0.1) is 13.8 Å². The lowest BCUT2D eigenvalue weighted by Gasteiger charge is -2.22.